The third kappa shape index (κ3) is 14.8. The second-order valence-electron chi connectivity index (χ2n) is 12.4. The summed E-state index contributed by atoms with van der Waals surface area (Å²) in [5.41, 5.74) is 0.138. The molecule has 10 nitrogen and oxygen atoms in total. The molecular formula is C31H58N8O2. The van der Waals surface area contributed by atoms with Gasteiger partial charge in [-0.1, -0.05) is 6.92 Å². The van der Waals surface area contributed by atoms with Gasteiger partial charge in [-0.25, -0.2) is 0 Å². The highest BCUT2D eigenvalue weighted by Crippen LogP contribution is 2.51. The van der Waals surface area contributed by atoms with Crippen molar-refractivity contribution in [1.29, 1.82) is 0 Å². The Balaban J connectivity index is 1.14. The molecule has 234 valence electrons. The van der Waals surface area contributed by atoms with Crippen LogP contribution in [0.15, 0.2) is 0 Å². The first-order chi connectivity index (χ1) is 20.1. The Morgan fingerprint density at radius 2 is 1.29 bits per heavy atom. The molecule has 1 saturated heterocycles. The average Bonchev–Trinajstić information content (AvgIpc) is 3.60. The van der Waals surface area contributed by atoms with Gasteiger partial charge in [0.05, 0.1) is 0 Å². The van der Waals surface area contributed by atoms with Crippen molar-refractivity contribution in [1.82, 2.24) is 42.5 Å². The van der Waals surface area contributed by atoms with E-state index in [4.69, 9.17) is 0 Å². The molecule has 0 aromatic heterocycles. The van der Waals surface area contributed by atoms with Crippen molar-refractivity contribution >= 4 is 11.8 Å². The summed E-state index contributed by atoms with van der Waals surface area (Å²) < 4.78 is 0. The number of rotatable bonds is 14. The zero-order valence-corrected chi connectivity index (χ0v) is 25.6. The Labute approximate surface area is 248 Å². The lowest BCUT2D eigenvalue weighted by molar-refractivity contribution is -0.122. The number of hydrogen-bond acceptors (Lipinski definition) is 8. The maximum absolute atomic E-state index is 12.2. The summed E-state index contributed by atoms with van der Waals surface area (Å²) in [6, 6.07) is 0. The van der Waals surface area contributed by atoms with Crippen LogP contribution in [0, 0.1) is 35.0 Å². The van der Waals surface area contributed by atoms with Gasteiger partial charge in [0.15, 0.2) is 0 Å². The number of carbonyl (C=O) groups is 2. The third-order valence-corrected chi connectivity index (χ3v) is 8.60. The van der Waals surface area contributed by atoms with Crippen LogP contribution in [0.2, 0.25) is 0 Å². The molecular weight excluding hydrogens is 516 g/mol. The molecule has 0 radical (unpaired) electrons. The first-order valence-electron chi connectivity index (χ1n) is 16.3. The Hall–Kier alpha value is -1.74. The van der Waals surface area contributed by atoms with Crippen LogP contribution in [0.1, 0.15) is 58.3 Å². The minimum atomic E-state index is 0.0191. The highest BCUT2D eigenvalue weighted by Gasteiger charge is 2.48. The lowest BCUT2D eigenvalue weighted by atomic mass is 9.90. The number of fused-ring (bicyclic) bond motifs is 1. The van der Waals surface area contributed by atoms with E-state index in [2.05, 4.69) is 61.3 Å². The largest absolute Gasteiger partial charge is 0.356 e. The van der Waals surface area contributed by atoms with Gasteiger partial charge in [-0.3, -0.25) is 9.59 Å². The summed E-state index contributed by atoms with van der Waals surface area (Å²) >= 11 is 0. The van der Waals surface area contributed by atoms with Crippen LogP contribution in [-0.2, 0) is 9.59 Å². The van der Waals surface area contributed by atoms with Gasteiger partial charge in [-0.05, 0) is 56.5 Å². The van der Waals surface area contributed by atoms with Crippen LogP contribution < -0.4 is 42.5 Å². The van der Waals surface area contributed by atoms with E-state index in [9.17, 15) is 9.59 Å². The Bertz CT molecular complexity index is 782. The zero-order chi connectivity index (χ0) is 29.0. The highest BCUT2D eigenvalue weighted by molar-refractivity contribution is 5.78. The fourth-order valence-corrected chi connectivity index (χ4v) is 6.05. The zero-order valence-electron chi connectivity index (χ0n) is 25.6. The van der Waals surface area contributed by atoms with Gasteiger partial charge in [0.25, 0.3) is 0 Å². The quantitative estimate of drug-likeness (QED) is 0.106. The van der Waals surface area contributed by atoms with Crippen LogP contribution in [-0.4, -0.2) is 103 Å². The molecule has 2 amide bonds. The van der Waals surface area contributed by atoms with Crippen molar-refractivity contribution in [2.75, 3.05) is 91.6 Å². The molecule has 8 N–H and O–H groups in total. The van der Waals surface area contributed by atoms with Gasteiger partial charge in [0.2, 0.25) is 11.8 Å². The SMILES string of the molecule is CC1(CNCCNCCNC(=O)CCCC(=O)NC[C@H]2[C@@H]3CCC#CCC[C@@H]32)CNCCNCCCNCCNC1. The molecule has 0 aromatic rings. The number of hydrogen-bond donors (Lipinski definition) is 8. The molecule has 1 saturated carbocycles. The minimum Gasteiger partial charge on any atom is -0.356 e. The van der Waals surface area contributed by atoms with E-state index in [0.717, 1.165) is 110 Å². The van der Waals surface area contributed by atoms with Crippen molar-refractivity contribution in [3.63, 3.8) is 0 Å². The Morgan fingerprint density at radius 3 is 1.95 bits per heavy atom. The van der Waals surface area contributed by atoms with E-state index in [1.807, 2.05) is 0 Å². The summed E-state index contributed by atoms with van der Waals surface area (Å²) in [6.45, 7) is 15.2. The van der Waals surface area contributed by atoms with Gasteiger partial charge in [0, 0.05) is 110 Å². The predicted molar refractivity (Wildman–Crippen MR) is 167 cm³/mol. The first kappa shape index (κ1) is 33.8. The summed E-state index contributed by atoms with van der Waals surface area (Å²) in [6.07, 6.45) is 6.92. The maximum Gasteiger partial charge on any atom is 0.220 e. The van der Waals surface area contributed by atoms with Crippen molar-refractivity contribution in [3.8, 4) is 11.8 Å². The third-order valence-electron chi connectivity index (χ3n) is 8.60. The van der Waals surface area contributed by atoms with Gasteiger partial charge in [-0.2, -0.15) is 0 Å². The second kappa shape index (κ2) is 20.2. The molecule has 41 heavy (non-hydrogen) atoms. The van der Waals surface area contributed by atoms with E-state index in [1.165, 1.54) is 19.3 Å². The average molecular weight is 575 g/mol. The molecule has 0 bridgehead atoms. The standard InChI is InChI=1S/C31H58N8O2/c1-31(23-35-17-14-32-12-7-13-33-15-18-36-24-31)25-37-19-16-34-20-21-38-29(40)10-6-11-30(41)39-22-28-26-8-4-2-3-5-9-27(26)28/h26-28,32-37H,4-25H2,1H3,(H,38,40)(H,39,41)/t26-,27+,28+. The Kier molecular flexibility index (Phi) is 16.6. The van der Waals surface area contributed by atoms with Crippen molar-refractivity contribution in [2.45, 2.75) is 58.3 Å². The number of nitrogens with one attached hydrogen (secondary N) is 8. The van der Waals surface area contributed by atoms with E-state index in [-0.39, 0.29) is 17.2 Å². The molecule has 3 atom stereocenters. The summed E-state index contributed by atoms with van der Waals surface area (Å²) in [5, 5.41) is 27.3. The molecule has 2 fully saturated rings. The smallest absolute Gasteiger partial charge is 0.220 e. The summed E-state index contributed by atoms with van der Waals surface area (Å²) in [5.74, 6) is 8.67. The topological polar surface area (TPSA) is 130 Å². The van der Waals surface area contributed by atoms with Crippen molar-refractivity contribution < 1.29 is 9.59 Å². The molecule has 2 aliphatic carbocycles. The molecule has 10 heteroatoms. The maximum atomic E-state index is 12.2. The molecule has 3 rings (SSSR count). The van der Waals surface area contributed by atoms with E-state index in [0.29, 0.717) is 31.7 Å². The predicted octanol–water partition coefficient (Wildman–Crippen LogP) is -0.224. The van der Waals surface area contributed by atoms with Crippen LogP contribution in [0.4, 0.5) is 0 Å². The normalized spacial score (nSPS) is 25.2. The van der Waals surface area contributed by atoms with E-state index >= 15 is 0 Å². The van der Waals surface area contributed by atoms with E-state index < -0.39 is 0 Å². The molecule has 0 unspecified atom stereocenters. The van der Waals surface area contributed by atoms with Gasteiger partial charge >= 0.3 is 0 Å². The highest BCUT2D eigenvalue weighted by atomic mass is 16.2. The van der Waals surface area contributed by atoms with E-state index in [1.54, 1.807) is 0 Å². The lowest BCUT2D eigenvalue weighted by Gasteiger charge is -2.31. The first-order valence-corrected chi connectivity index (χ1v) is 16.3. The minimum absolute atomic E-state index is 0.0191. The fraction of sp³-hybridized carbons (Fsp3) is 0.871. The van der Waals surface area contributed by atoms with Gasteiger partial charge in [-0.15, -0.1) is 11.8 Å². The fourth-order valence-electron chi connectivity index (χ4n) is 6.05. The van der Waals surface area contributed by atoms with Crippen molar-refractivity contribution in [2.24, 2.45) is 23.2 Å². The Morgan fingerprint density at radius 1 is 0.732 bits per heavy atom. The van der Waals surface area contributed by atoms with Crippen LogP contribution in [0.25, 0.3) is 0 Å². The molecule has 0 spiro atoms. The lowest BCUT2D eigenvalue weighted by Crippen LogP contribution is -2.49. The second-order valence-corrected chi connectivity index (χ2v) is 12.4. The van der Waals surface area contributed by atoms with Crippen LogP contribution in [0.5, 0.6) is 0 Å². The molecule has 3 aliphatic rings. The van der Waals surface area contributed by atoms with Gasteiger partial charge in [0.1, 0.15) is 0 Å². The van der Waals surface area contributed by atoms with Gasteiger partial charge < -0.3 is 42.5 Å². The molecule has 0 aromatic carbocycles. The molecule has 1 heterocycles. The number of amides is 2. The molecule has 1 aliphatic heterocycles. The van der Waals surface area contributed by atoms with Crippen LogP contribution in [0.3, 0.4) is 0 Å². The number of carbonyl (C=O) groups excluding carboxylic acids is 2. The monoisotopic (exact) mass is 574 g/mol. The summed E-state index contributed by atoms with van der Waals surface area (Å²) in [4.78, 5) is 24.4. The van der Waals surface area contributed by atoms with Crippen molar-refractivity contribution in [3.05, 3.63) is 0 Å². The summed E-state index contributed by atoms with van der Waals surface area (Å²) in [7, 11) is 0. The van der Waals surface area contributed by atoms with Crippen LogP contribution >= 0.6 is 0 Å².